The summed E-state index contributed by atoms with van der Waals surface area (Å²) in [4.78, 5) is 15.9. The number of amides is 1. The molecule has 7 heteroatoms. The van der Waals surface area contributed by atoms with Gasteiger partial charge in [0.15, 0.2) is 0 Å². The number of carbonyl (C=O) groups excluding carboxylic acids is 1. The fourth-order valence-electron chi connectivity index (χ4n) is 1.98. The number of methoxy groups -OCH3 is 1. The first-order valence-corrected chi connectivity index (χ1v) is 8.38. The summed E-state index contributed by atoms with van der Waals surface area (Å²) in [6, 6.07) is 3.43. The van der Waals surface area contributed by atoms with Gasteiger partial charge in [-0.3, -0.25) is 0 Å². The number of aromatic nitrogens is 1. The van der Waals surface area contributed by atoms with E-state index in [1.807, 2.05) is 0 Å². The molecule has 1 aromatic rings. The number of rotatable bonds is 9. The molecule has 1 atom stereocenters. The van der Waals surface area contributed by atoms with E-state index in [1.54, 1.807) is 51.1 Å². The molecule has 0 spiro atoms. The van der Waals surface area contributed by atoms with Crippen LogP contribution in [0.3, 0.4) is 0 Å². The van der Waals surface area contributed by atoms with E-state index in [0.717, 1.165) is 5.56 Å². The monoisotopic (exact) mass is 364 g/mol. The lowest BCUT2D eigenvalue weighted by Crippen LogP contribution is -2.33. The quantitative estimate of drug-likeness (QED) is 0.517. The van der Waals surface area contributed by atoms with E-state index < -0.39 is 18.0 Å². The summed E-state index contributed by atoms with van der Waals surface area (Å²) < 4.78 is 15.8. The Morgan fingerprint density at radius 1 is 1.42 bits per heavy atom. The predicted molar refractivity (Wildman–Crippen MR) is 99.3 cm³/mol. The summed E-state index contributed by atoms with van der Waals surface area (Å²) in [5.41, 5.74) is 0.265. The van der Waals surface area contributed by atoms with Crippen molar-refractivity contribution in [3.63, 3.8) is 0 Å². The summed E-state index contributed by atoms with van der Waals surface area (Å²) in [5, 5.41) is 12.5. The Hall–Kier alpha value is -2.54. The third-order valence-corrected chi connectivity index (χ3v) is 3.04. The minimum atomic E-state index is -1.01. The van der Waals surface area contributed by atoms with Crippen LogP contribution >= 0.6 is 0 Å². The minimum absolute atomic E-state index is 0.255. The number of allylic oxidation sites excluding steroid dienone is 2. The average Bonchev–Trinajstić information content (AvgIpc) is 2.54. The van der Waals surface area contributed by atoms with E-state index in [2.05, 4.69) is 16.9 Å². The van der Waals surface area contributed by atoms with Crippen LogP contribution in [0.5, 0.6) is 11.8 Å². The van der Waals surface area contributed by atoms with Crippen molar-refractivity contribution in [3.05, 3.63) is 42.5 Å². The summed E-state index contributed by atoms with van der Waals surface area (Å²) in [6.07, 6.45) is 4.43. The molecule has 1 rings (SSSR count). The van der Waals surface area contributed by atoms with E-state index >= 15 is 0 Å². The van der Waals surface area contributed by atoms with Gasteiger partial charge in [-0.2, -0.15) is 4.98 Å². The van der Waals surface area contributed by atoms with Crippen molar-refractivity contribution in [2.45, 2.75) is 45.5 Å². The first-order chi connectivity index (χ1) is 12.2. The van der Waals surface area contributed by atoms with E-state index in [0.29, 0.717) is 25.3 Å². The maximum Gasteiger partial charge on any atom is 0.407 e. The molecule has 0 radical (unpaired) electrons. The van der Waals surface area contributed by atoms with Crippen molar-refractivity contribution in [2.75, 3.05) is 13.7 Å². The van der Waals surface area contributed by atoms with Crippen LogP contribution in [0.2, 0.25) is 0 Å². The molecule has 7 nitrogen and oxygen atoms in total. The van der Waals surface area contributed by atoms with Gasteiger partial charge in [-0.05, 0) is 33.3 Å². The van der Waals surface area contributed by atoms with Crippen molar-refractivity contribution in [3.8, 4) is 11.8 Å². The number of alkyl carbamates (subject to hydrolysis) is 1. The van der Waals surface area contributed by atoms with E-state index in [1.165, 1.54) is 7.11 Å². The number of aliphatic hydroxyl groups excluding tert-OH is 1. The maximum absolute atomic E-state index is 11.6. The van der Waals surface area contributed by atoms with E-state index in [4.69, 9.17) is 14.2 Å². The standard InChI is InChI=1S/C19H28N2O5/c1-6-7-8-9-16(22)25-15-11-10-14(17(21-15)24-5)12-13-20-18(23)26-19(2,3)4/h6-8,10-11,16,22H,1,9,12-13H2,2-5H3,(H,20,23)/b8-7-. The number of nitrogens with zero attached hydrogens (tertiary/aromatic N) is 1. The van der Waals surface area contributed by atoms with Gasteiger partial charge in [0.25, 0.3) is 0 Å². The Morgan fingerprint density at radius 2 is 2.15 bits per heavy atom. The van der Waals surface area contributed by atoms with Gasteiger partial charge in [-0.15, -0.1) is 0 Å². The minimum Gasteiger partial charge on any atom is -0.481 e. The Kier molecular flexibility index (Phi) is 8.64. The van der Waals surface area contributed by atoms with Gasteiger partial charge in [-0.1, -0.05) is 24.8 Å². The second-order valence-electron chi connectivity index (χ2n) is 6.47. The normalized spacial score (nSPS) is 12.5. The Bertz CT molecular complexity index is 623. The fourth-order valence-corrected chi connectivity index (χ4v) is 1.98. The second-order valence-corrected chi connectivity index (χ2v) is 6.47. The summed E-state index contributed by atoms with van der Waals surface area (Å²) in [5.74, 6) is 0.632. The highest BCUT2D eigenvalue weighted by molar-refractivity contribution is 5.67. The van der Waals surface area contributed by atoms with Gasteiger partial charge < -0.3 is 24.6 Å². The molecule has 0 saturated heterocycles. The molecule has 0 aliphatic carbocycles. The topological polar surface area (TPSA) is 89.9 Å². The molecular formula is C19H28N2O5. The molecule has 0 bridgehead atoms. The van der Waals surface area contributed by atoms with Crippen LogP contribution in [0.4, 0.5) is 4.79 Å². The highest BCUT2D eigenvalue weighted by Crippen LogP contribution is 2.21. The highest BCUT2D eigenvalue weighted by Gasteiger charge is 2.16. The second kappa shape index (κ2) is 10.5. The van der Waals surface area contributed by atoms with Crippen molar-refractivity contribution in [2.24, 2.45) is 0 Å². The maximum atomic E-state index is 11.6. The zero-order valence-corrected chi connectivity index (χ0v) is 15.8. The lowest BCUT2D eigenvalue weighted by atomic mass is 10.2. The molecule has 1 unspecified atom stereocenters. The first kappa shape index (κ1) is 21.5. The van der Waals surface area contributed by atoms with E-state index in [-0.39, 0.29) is 5.88 Å². The van der Waals surface area contributed by atoms with E-state index in [9.17, 15) is 9.90 Å². The molecule has 0 saturated carbocycles. The molecule has 144 valence electrons. The smallest absolute Gasteiger partial charge is 0.407 e. The van der Waals surface area contributed by atoms with Crippen molar-refractivity contribution >= 4 is 6.09 Å². The van der Waals surface area contributed by atoms with Crippen molar-refractivity contribution < 1.29 is 24.1 Å². The molecule has 0 aliphatic rings. The van der Waals surface area contributed by atoms with Gasteiger partial charge >= 0.3 is 6.09 Å². The lowest BCUT2D eigenvalue weighted by Gasteiger charge is -2.19. The predicted octanol–water partition coefficient (Wildman–Crippen LogP) is 2.99. The average molecular weight is 364 g/mol. The van der Waals surface area contributed by atoms with Crippen LogP contribution in [0.25, 0.3) is 0 Å². The molecule has 0 aromatic carbocycles. The number of pyridine rings is 1. The number of nitrogens with one attached hydrogen (secondary N) is 1. The molecule has 0 fully saturated rings. The van der Waals surface area contributed by atoms with Gasteiger partial charge in [0.2, 0.25) is 18.1 Å². The number of hydrogen-bond acceptors (Lipinski definition) is 6. The van der Waals surface area contributed by atoms with Crippen LogP contribution in [-0.4, -0.2) is 41.7 Å². The molecule has 1 aromatic heterocycles. The van der Waals surface area contributed by atoms with Crippen molar-refractivity contribution in [1.29, 1.82) is 0 Å². The molecule has 2 N–H and O–H groups in total. The molecule has 26 heavy (non-hydrogen) atoms. The molecule has 0 aliphatic heterocycles. The third kappa shape index (κ3) is 8.53. The third-order valence-electron chi connectivity index (χ3n) is 3.04. The van der Waals surface area contributed by atoms with Gasteiger partial charge in [0.05, 0.1) is 7.11 Å². The Morgan fingerprint density at radius 3 is 2.77 bits per heavy atom. The van der Waals surface area contributed by atoms with Gasteiger partial charge in [0.1, 0.15) is 5.60 Å². The SMILES string of the molecule is C=C/C=C\CC(O)Oc1ccc(CCNC(=O)OC(C)(C)C)c(OC)n1. The van der Waals surface area contributed by atoms with Gasteiger partial charge in [0, 0.05) is 24.6 Å². The summed E-state index contributed by atoms with van der Waals surface area (Å²) in [7, 11) is 1.50. The van der Waals surface area contributed by atoms with Crippen LogP contribution in [0.1, 0.15) is 32.8 Å². The largest absolute Gasteiger partial charge is 0.481 e. The summed E-state index contributed by atoms with van der Waals surface area (Å²) in [6.45, 7) is 9.35. The zero-order chi connectivity index (χ0) is 19.6. The van der Waals surface area contributed by atoms with Crippen LogP contribution in [0, 0.1) is 0 Å². The zero-order valence-electron chi connectivity index (χ0n) is 15.8. The number of ether oxygens (including phenoxy) is 3. The Labute approximate surface area is 154 Å². The van der Waals surface area contributed by atoms with Crippen molar-refractivity contribution in [1.82, 2.24) is 10.3 Å². The Balaban J connectivity index is 2.58. The molecule has 1 heterocycles. The molecule has 1 amide bonds. The van der Waals surface area contributed by atoms with Crippen LogP contribution < -0.4 is 14.8 Å². The molecular weight excluding hydrogens is 336 g/mol. The number of aliphatic hydroxyl groups is 1. The number of carbonyl (C=O) groups is 1. The summed E-state index contributed by atoms with van der Waals surface area (Å²) >= 11 is 0. The fraction of sp³-hybridized carbons (Fsp3) is 0.474. The van der Waals surface area contributed by atoms with Gasteiger partial charge in [-0.25, -0.2) is 4.79 Å². The highest BCUT2D eigenvalue weighted by atomic mass is 16.6. The lowest BCUT2D eigenvalue weighted by molar-refractivity contribution is -0.0173. The van der Waals surface area contributed by atoms with Crippen LogP contribution in [0.15, 0.2) is 36.9 Å². The van der Waals surface area contributed by atoms with Crippen LogP contribution in [-0.2, 0) is 11.2 Å². The first-order valence-electron chi connectivity index (χ1n) is 8.38. The number of hydrogen-bond donors (Lipinski definition) is 2.